The summed E-state index contributed by atoms with van der Waals surface area (Å²) in [5.74, 6) is -0.624. The van der Waals surface area contributed by atoms with E-state index in [0.717, 1.165) is 10.6 Å². The number of H-pyrrole nitrogens is 1. The summed E-state index contributed by atoms with van der Waals surface area (Å²) < 4.78 is 2.43. The number of carboxylic acid groups (broad SMARTS) is 1. The summed E-state index contributed by atoms with van der Waals surface area (Å²) in [6.45, 7) is 0.0616. The Labute approximate surface area is 181 Å². The van der Waals surface area contributed by atoms with Gasteiger partial charge < -0.3 is 10.1 Å². The van der Waals surface area contributed by atoms with Crippen molar-refractivity contribution < 1.29 is 9.90 Å². The van der Waals surface area contributed by atoms with Crippen molar-refractivity contribution in [2.45, 2.75) is 6.54 Å². The molecule has 2 aromatic heterocycles. The molecule has 0 spiro atoms. The molecule has 2 aromatic carbocycles. The summed E-state index contributed by atoms with van der Waals surface area (Å²) in [5, 5.41) is 17.7. The molecule has 9 nitrogen and oxygen atoms in total. The maximum atomic E-state index is 13.0. The Morgan fingerprint density at radius 1 is 1.16 bits per heavy atom. The van der Waals surface area contributed by atoms with Gasteiger partial charge in [0.1, 0.15) is 11.3 Å². The van der Waals surface area contributed by atoms with Crippen LogP contribution in [0.5, 0.6) is 0 Å². The van der Waals surface area contributed by atoms with Crippen molar-refractivity contribution in [3.05, 3.63) is 92.1 Å². The van der Waals surface area contributed by atoms with E-state index >= 15 is 0 Å². The predicted molar refractivity (Wildman–Crippen MR) is 118 cm³/mol. The van der Waals surface area contributed by atoms with Gasteiger partial charge in [0.15, 0.2) is 5.65 Å². The van der Waals surface area contributed by atoms with E-state index in [2.05, 4.69) is 9.97 Å². The quantitative estimate of drug-likeness (QED) is 0.469. The molecule has 2 heterocycles. The van der Waals surface area contributed by atoms with Gasteiger partial charge in [-0.05, 0) is 29.3 Å². The number of carbonyl (C=O) groups is 1. The molecule has 0 saturated heterocycles. The van der Waals surface area contributed by atoms with Crippen LogP contribution >= 0.6 is 0 Å². The molecule has 4 aromatic rings. The van der Waals surface area contributed by atoms with E-state index in [1.807, 2.05) is 6.07 Å². The highest BCUT2D eigenvalue weighted by molar-refractivity contribution is 5.85. The van der Waals surface area contributed by atoms with Crippen molar-refractivity contribution in [3.8, 4) is 17.5 Å². The Bertz CT molecular complexity index is 1510. The number of hydrogen-bond donors (Lipinski definition) is 2. The molecule has 0 aliphatic heterocycles. The summed E-state index contributed by atoms with van der Waals surface area (Å²) in [6.07, 6.45) is 2.51. The number of fused-ring (bicyclic) bond motifs is 1. The molecule has 0 fully saturated rings. The molecule has 0 amide bonds. The molecule has 32 heavy (non-hydrogen) atoms. The number of hydrogen-bond acceptors (Lipinski definition) is 5. The van der Waals surface area contributed by atoms with Gasteiger partial charge in [-0.2, -0.15) is 5.26 Å². The van der Waals surface area contributed by atoms with Crippen LogP contribution < -0.4 is 11.2 Å². The number of aliphatic carboxylic acids is 1. The number of aryl methyl sites for hydroxylation is 1. The van der Waals surface area contributed by atoms with Crippen molar-refractivity contribution in [2.75, 3.05) is 0 Å². The lowest BCUT2D eigenvalue weighted by Gasteiger charge is -2.07. The number of nitriles is 1. The topological polar surface area (TPSA) is 134 Å². The molecule has 9 heteroatoms. The molecule has 0 unspecified atom stereocenters. The normalized spacial score (nSPS) is 11.1. The van der Waals surface area contributed by atoms with E-state index in [4.69, 9.17) is 10.4 Å². The van der Waals surface area contributed by atoms with Gasteiger partial charge in [-0.25, -0.2) is 14.6 Å². The largest absolute Gasteiger partial charge is 0.478 e. The van der Waals surface area contributed by atoms with E-state index in [1.165, 1.54) is 10.6 Å². The molecular formula is C23H17N5O4. The van der Waals surface area contributed by atoms with E-state index in [0.29, 0.717) is 28.1 Å². The molecular weight excluding hydrogens is 410 g/mol. The molecule has 2 N–H and O–H groups in total. The van der Waals surface area contributed by atoms with Gasteiger partial charge in [-0.1, -0.05) is 36.4 Å². The highest BCUT2D eigenvalue weighted by atomic mass is 16.4. The monoisotopic (exact) mass is 427 g/mol. The fourth-order valence-corrected chi connectivity index (χ4v) is 3.31. The van der Waals surface area contributed by atoms with Crippen molar-refractivity contribution in [2.24, 2.45) is 7.05 Å². The molecule has 158 valence electrons. The van der Waals surface area contributed by atoms with E-state index < -0.39 is 17.2 Å². The first kappa shape index (κ1) is 20.6. The molecule has 0 bridgehead atoms. The molecule has 0 aliphatic carbocycles. The van der Waals surface area contributed by atoms with E-state index in [9.17, 15) is 14.4 Å². The van der Waals surface area contributed by atoms with Crippen LogP contribution in [0.15, 0.2) is 64.2 Å². The second-order valence-corrected chi connectivity index (χ2v) is 7.12. The predicted octanol–water partition coefficient (Wildman–Crippen LogP) is 2.11. The van der Waals surface area contributed by atoms with Crippen molar-refractivity contribution >= 4 is 23.2 Å². The fraction of sp³-hybridized carbons (Fsp3) is 0.0870. The highest BCUT2D eigenvalue weighted by Crippen LogP contribution is 2.19. The Morgan fingerprint density at radius 2 is 1.84 bits per heavy atom. The number of aromatic amines is 1. The van der Waals surface area contributed by atoms with Crippen LogP contribution in [0.25, 0.3) is 28.6 Å². The minimum Gasteiger partial charge on any atom is -0.478 e. The highest BCUT2D eigenvalue weighted by Gasteiger charge is 2.16. The average Bonchev–Trinajstić information content (AvgIpc) is 3.26. The van der Waals surface area contributed by atoms with Gasteiger partial charge in [-0.15, -0.1) is 0 Å². The Balaban J connectivity index is 1.74. The third-order valence-corrected chi connectivity index (χ3v) is 5.01. The van der Waals surface area contributed by atoms with Crippen molar-refractivity contribution in [1.29, 1.82) is 5.26 Å². The van der Waals surface area contributed by atoms with Gasteiger partial charge in [0, 0.05) is 18.7 Å². The summed E-state index contributed by atoms with van der Waals surface area (Å²) in [5.41, 5.74) is 2.03. The van der Waals surface area contributed by atoms with Crippen LogP contribution in [-0.2, 0) is 18.4 Å². The standard InChI is InChI=1S/C23H17N5O4/c1-27-21-19(22(31)28(23(27)32)13-16-4-2-15(12-24)3-5-16)25-20(26-21)17-9-6-14(7-10-17)8-11-18(29)30/h2-11H,13H2,1H3,(H,25,26)(H,29,30). The average molecular weight is 427 g/mol. The fourth-order valence-electron chi connectivity index (χ4n) is 3.31. The van der Waals surface area contributed by atoms with Crippen LogP contribution in [0.2, 0.25) is 0 Å². The third-order valence-electron chi connectivity index (χ3n) is 5.01. The number of nitrogens with one attached hydrogen (secondary N) is 1. The Hall–Kier alpha value is -4.71. The number of benzene rings is 2. The Kier molecular flexibility index (Phi) is 5.27. The van der Waals surface area contributed by atoms with Gasteiger partial charge >= 0.3 is 11.7 Å². The molecule has 0 aliphatic rings. The van der Waals surface area contributed by atoms with Crippen molar-refractivity contribution in [3.63, 3.8) is 0 Å². The first-order valence-corrected chi connectivity index (χ1v) is 9.57. The minimum absolute atomic E-state index is 0.0616. The molecule has 0 saturated carbocycles. The lowest BCUT2D eigenvalue weighted by Crippen LogP contribution is -2.39. The van der Waals surface area contributed by atoms with Crippen LogP contribution in [0.1, 0.15) is 16.7 Å². The summed E-state index contributed by atoms with van der Waals surface area (Å²) in [7, 11) is 1.55. The zero-order valence-corrected chi connectivity index (χ0v) is 16.9. The molecule has 0 radical (unpaired) electrons. The third kappa shape index (κ3) is 3.85. The van der Waals surface area contributed by atoms with Gasteiger partial charge in [0.25, 0.3) is 5.56 Å². The second-order valence-electron chi connectivity index (χ2n) is 7.12. The van der Waals surface area contributed by atoms with Crippen LogP contribution in [0.3, 0.4) is 0 Å². The number of imidazole rings is 1. The minimum atomic E-state index is -1.04. The lowest BCUT2D eigenvalue weighted by molar-refractivity contribution is -0.131. The number of carboxylic acids is 1. The van der Waals surface area contributed by atoms with Crippen LogP contribution in [-0.4, -0.2) is 30.2 Å². The maximum Gasteiger partial charge on any atom is 0.332 e. The smallest absolute Gasteiger partial charge is 0.332 e. The van der Waals surface area contributed by atoms with E-state index in [-0.39, 0.29) is 17.7 Å². The molecule has 0 atom stereocenters. The lowest BCUT2D eigenvalue weighted by atomic mass is 10.1. The second kappa shape index (κ2) is 8.20. The number of rotatable bonds is 5. The summed E-state index contributed by atoms with van der Waals surface area (Å²) in [4.78, 5) is 43.9. The summed E-state index contributed by atoms with van der Waals surface area (Å²) >= 11 is 0. The number of nitrogens with zero attached hydrogens (tertiary/aromatic N) is 4. The Morgan fingerprint density at radius 3 is 2.47 bits per heavy atom. The maximum absolute atomic E-state index is 13.0. The SMILES string of the molecule is Cn1c(=O)n(Cc2ccc(C#N)cc2)c(=O)c2[nH]c(-c3ccc(C=CC(=O)O)cc3)nc21. The van der Waals surface area contributed by atoms with Crippen LogP contribution in [0.4, 0.5) is 0 Å². The summed E-state index contributed by atoms with van der Waals surface area (Å²) in [6, 6.07) is 15.6. The van der Waals surface area contributed by atoms with Crippen molar-refractivity contribution in [1.82, 2.24) is 19.1 Å². The van der Waals surface area contributed by atoms with Crippen LogP contribution in [0, 0.1) is 11.3 Å². The first-order valence-electron chi connectivity index (χ1n) is 9.57. The zero-order valence-electron chi connectivity index (χ0n) is 16.9. The van der Waals surface area contributed by atoms with Gasteiger partial charge in [-0.3, -0.25) is 13.9 Å². The van der Waals surface area contributed by atoms with Gasteiger partial charge in [0.05, 0.1) is 18.2 Å². The number of aromatic nitrogens is 4. The first-order chi connectivity index (χ1) is 15.4. The zero-order chi connectivity index (χ0) is 22.8. The molecule has 4 rings (SSSR count). The van der Waals surface area contributed by atoms with E-state index in [1.54, 1.807) is 55.6 Å². The van der Waals surface area contributed by atoms with Gasteiger partial charge in [0.2, 0.25) is 0 Å².